The standard InChI is InChI=1S/C22H30N2O2S/c1-27-23-20-11-14-24(15-12-20)16-18-26-22-9-7-21(8-10-22)25-17-13-19-5-3-2-4-6-19/h2-10,20,23H,11-18H2,1H3. The van der Waals surface area contributed by atoms with Gasteiger partial charge in [0.2, 0.25) is 0 Å². The van der Waals surface area contributed by atoms with Gasteiger partial charge in [0.25, 0.3) is 0 Å². The normalized spacial score (nSPS) is 15.6. The molecule has 3 rings (SSSR count). The zero-order chi connectivity index (χ0) is 18.7. The van der Waals surface area contributed by atoms with Gasteiger partial charge in [0.05, 0.1) is 6.61 Å². The summed E-state index contributed by atoms with van der Waals surface area (Å²) in [5, 5.41) is 0. The van der Waals surface area contributed by atoms with Crippen LogP contribution in [0, 0.1) is 0 Å². The lowest BCUT2D eigenvalue weighted by molar-refractivity contribution is 0.171. The summed E-state index contributed by atoms with van der Waals surface area (Å²) in [5.41, 5.74) is 1.30. The Kier molecular flexibility index (Phi) is 8.33. The van der Waals surface area contributed by atoms with E-state index in [4.69, 9.17) is 9.47 Å². The SMILES string of the molecule is CSNC1CCN(CCOc2ccc(OCCc3ccccc3)cc2)CC1. The molecule has 2 aromatic rings. The molecule has 0 amide bonds. The van der Waals surface area contributed by atoms with Gasteiger partial charge in [-0.1, -0.05) is 42.3 Å². The molecule has 5 heteroatoms. The van der Waals surface area contributed by atoms with Crippen molar-refractivity contribution in [2.24, 2.45) is 0 Å². The molecule has 1 aliphatic rings. The summed E-state index contributed by atoms with van der Waals surface area (Å²) < 4.78 is 15.2. The molecular formula is C22H30N2O2S. The van der Waals surface area contributed by atoms with Crippen molar-refractivity contribution < 1.29 is 9.47 Å². The molecule has 1 aliphatic heterocycles. The number of rotatable bonds is 10. The number of hydrogen-bond donors (Lipinski definition) is 1. The van der Waals surface area contributed by atoms with Gasteiger partial charge in [-0.15, -0.1) is 0 Å². The van der Waals surface area contributed by atoms with Gasteiger partial charge in [-0.05, 0) is 62.0 Å². The lowest BCUT2D eigenvalue weighted by Gasteiger charge is -2.31. The van der Waals surface area contributed by atoms with Gasteiger partial charge in [0.15, 0.2) is 0 Å². The molecule has 1 fully saturated rings. The van der Waals surface area contributed by atoms with E-state index in [9.17, 15) is 0 Å². The van der Waals surface area contributed by atoms with Crippen LogP contribution in [-0.4, -0.2) is 50.0 Å². The monoisotopic (exact) mass is 386 g/mol. The molecule has 1 N–H and O–H groups in total. The summed E-state index contributed by atoms with van der Waals surface area (Å²) >= 11 is 1.73. The fourth-order valence-corrected chi connectivity index (χ4v) is 3.87. The average molecular weight is 387 g/mol. The van der Waals surface area contributed by atoms with Gasteiger partial charge in [0, 0.05) is 19.0 Å². The maximum atomic E-state index is 5.89. The minimum absolute atomic E-state index is 0.659. The van der Waals surface area contributed by atoms with Crippen LogP contribution in [0.3, 0.4) is 0 Å². The second kappa shape index (κ2) is 11.2. The zero-order valence-corrected chi connectivity index (χ0v) is 16.9. The fraction of sp³-hybridized carbons (Fsp3) is 0.455. The lowest BCUT2D eigenvalue weighted by Crippen LogP contribution is -2.41. The third kappa shape index (κ3) is 7.09. The minimum Gasteiger partial charge on any atom is -0.493 e. The number of nitrogens with zero attached hydrogens (tertiary/aromatic N) is 1. The highest BCUT2D eigenvalue weighted by molar-refractivity contribution is 7.96. The third-order valence-corrected chi connectivity index (χ3v) is 5.44. The topological polar surface area (TPSA) is 33.7 Å². The first-order valence-electron chi connectivity index (χ1n) is 9.74. The van der Waals surface area contributed by atoms with Crippen LogP contribution < -0.4 is 14.2 Å². The Balaban J connectivity index is 1.31. The molecule has 0 aromatic heterocycles. The Hall–Kier alpha value is -1.69. The van der Waals surface area contributed by atoms with Crippen molar-refractivity contribution >= 4 is 11.9 Å². The molecular weight excluding hydrogens is 356 g/mol. The Morgan fingerprint density at radius 1 is 0.926 bits per heavy atom. The highest BCUT2D eigenvalue weighted by Crippen LogP contribution is 2.18. The van der Waals surface area contributed by atoms with E-state index in [2.05, 4.69) is 40.1 Å². The molecule has 0 spiro atoms. The van der Waals surface area contributed by atoms with Crippen molar-refractivity contribution in [2.75, 3.05) is 39.1 Å². The number of hydrogen-bond acceptors (Lipinski definition) is 5. The quantitative estimate of drug-likeness (QED) is 0.624. The van der Waals surface area contributed by atoms with Crippen LogP contribution in [0.5, 0.6) is 11.5 Å². The highest BCUT2D eigenvalue weighted by Gasteiger charge is 2.18. The van der Waals surface area contributed by atoms with Crippen molar-refractivity contribution in [3.05, 3.63) is 60.2 Å². The molecule has 0 saturated carbocycles. The number of piperidine rings is 1. The number of benzene rings is 2. The van der Waals surface area contributed by atoms with Gasteiger partial charge >= 0.3 is 0 Å². The van der Waals surface area contributed by atoms with Gasteiger partial charge in [-0.2, -0.15) is 0 Å². The molecule has 146 valence electrons. The van der Waals surface area contributed by atoms with Crippen molar-refractivity contribution in [3.63, 3.8) is 0 Å². The number of ether oxygens (including phenoxy) is 2. The summed E-state index contributed by atoms with van der Waals surface area (Å²) in [4.78, 5) is 2.49. The maximum Gasteiger partial charge on any atom is 0.119 e. The molecule has 1 saturated heterocycles. The summed E-state index contributed by atoms with van der Waals surface area (Å²) in [5.74, 6) is 1.80. The molecule has 0 bridgehead atoms. The smallest absolute Gasteiger partial charge is 0.119 e. The molecule has 0 aliphatic carbocycles. The highest BCUT2D eigenvalue weighted by atomic mass is 32.2. The molecule has 4 nitrogen and oxygen atoms in total. The van der Waals surface area contributed by atoms with E-state index in [0.29, 0.717) is 12.6 Å². The first-order chi connectivity index (χ1) is 13.3. The van der Waals surface area contributed by atoms with Crippen molar-refractivity contribution in [1.82, 2.24) is 9.62 Å². The second-order valence-electron chi connectivity index (χ2n) is 6.84. The van der Waals surface area contributed by atoms with Crippen LogP contribution in [0.1, 0.15) is 18.4 Å². The van der Waals surface area contributed by atoms with E-state index < -0.39 is 0 Å². The maximum absolute atomic E-state index is 5.89. The van der Waals surface area contributed by atoms with Gasteiger partial charge in [0.1, 0.15) is 18.1 Å². The number of nitrogens with one attached hydrogen (secondary N) is 1. The molecule has 1 heterocycles. The molecule has 2 aromatic carbocycles. The Morgan fingerprint density at radius 2 is 1.56 bits per heavy atom. The van der Waals surface area contributed by atoms with Crippen LogP contribution in [-0.2, 0) is 6.42 Å². The largest absolute Gasteiger partial charge is 0.493 e. The van der Waals surface area contributed by atoms with E-state index in [1.807, 2.05) is 30.3 Å². The lowest BCUT2D eigenvalue weighted by atomic mass is 10.1. The molecule has 0 atom stereocenters. The van der Waals surface area contributed by atoms with E-state index in [1.165, 1.54) is 18.4 Å². The van der Waals surface area contributed by atoms with Crippen LogP contribution in [0.2, 0.25) is 0 Å². The summed E-state index contributed by atoms with van der Waals surface area (Å²) in [6.45, 7) is 4.70. The zero-order valence-electron chi connectivity index (χ0n) is 16.1. The van der Waals surface area contributed by atoms with Crippen LogP contribution >= 0.6 is 11.9 Å². The first-order valence-corrected chi connectivity index (χ1v) is 11.0. The fourth-order valence-electron chi connectivity index (χ4n) is 3.30. The van der Waals surface area contributed by atoms with Crippen LogP contribution in [0.25, 0.3) is 0 Å². The summed E-state index contributed by atoms with van der Waals surface area (Å²) in [6.07, 6.45) is 5.45. The Morgan fingerprint density at radius 3 is 2.19 bits per heavy atom. The molecule has 27 heavy (non-hydrogen) atoms. The van der Waals surface area contributed by atoms with Crippen molar-refractivity contribution in [1.29, 1.82) is 0 Å². The minimum atomic E-state index is 0.659. The Labute approximate surface area is 167 Å². The van der Waals surface area contributed by atoms with Gasteiger partial charge in [-0.3, -0.25) is 9.62 Å². The van der Waals surface area contributed by atoms with E-state index in [0.717, 1.165) is 44.2 Å². The Bertz CT molecular complexity index is 643. The van der Waals surface area contributed by atoms with Gasteiger partial charge in [-0.25, -0.2) is 0 Å². The van der Waals surface area contributed by atoms with E-state index in [-0.39, 0.29) is 0 Å². The number of likely N-dealkylation sites (tertiary alicyclic amines) is 1. The van der Waals surface area contributed by atoms with Crippen LogP contribution in [0.4, 0.5) is 0 Å². The summed E-state index contributed by atoms with van der Waals surface area (Å²) in [6, 6.07) is 19.0. The molecule has 0 radical (unpaired) electrons. The average Bonchev–Trinajstić information content (AvgIpc) is 2.72. The van der Waals surface area contributed by atoms with E-state index >= 15 is 0 Å². The van der Waals surface area contributed by atoms with Crippen molar-refractivity contribution in [3.8, 4) is 11.5 Å². The second-order valence-corrected chi connectivity index (χ2v) is 7.49. The third-order valence-electron chi connectivity index (χ3n) is 4.87. The van der Waals surface area contributed by atoms with Crippen molar-refractivity contribution in [2.45, 2.75) is 25.3 Å². The summed E-state index contributed by atoms with van der Waals surface area (Å²) in [7, 11) is 0. The predicted molar refractivity (Wildman–Crippen MR) is 114 cm³/mol. The first kappa shape index (κ1) is 20.1. The van der Waals surface area contributed by atoms with Crippen LogP contribution in [0.15, 0.2) is 54.6 Å². The van der Waals surface area contributed by atoms with Gasteiger partial charge < -0.3 is 9.47 Å². The predicted octanol–water partition coefficient (Wildman–Crippen LogP) is 4.02. The molecule has 0 unspecified atom stereocenters. The van der Waals surface area contributed by atoms with E-state index in [1.54, 1.807) is 11.9 Å².